The van der Waals surface area contributed by atoms with Crippen molar-refractivity contribution in [2.45, 2.75) is 19.8 Å². The van der Waals surface area contributed by atoms with E-state index in [1.54, 1.807) is 12.1 Å². The fraction of sp³-hybridized carbons (Fsp3) is 0.263. The minimum Gasteiger partial charge on any atom is -0.482 e. The molecule has 26 heavy (non-hydrogen) atoms. The Morgan fingerprint density at radius 3 is 2.54 bits per heavy atom. The molecule has 2 rings (SSSR count). The second-order valence-corrected chi connectivity index (χ2v) is 5.81. The molecule has 0 radical (unpaired) electrons. The number of carbonyl (C=O) groups excluding carboxylic acids is 2. The molecule has 7 heteroatoms. The van der Waals surface area contributed by atoms with Crippen molar-refractivity contribution >= 4 is 17.6 Å². The first-order valence-corrected chi connectivity index (χ1v) is 7.99. The lowest BCUT2D eigenvalue weighted by molar-refractivity contribution is -0.149. The van der Waals surface area contributed by atoms with E-state index in [-0.39, 0.29) is 18.2 Å². The summed E-state index contributed by atoms with van der Waals surface area (Å²) >= 11 is 0. The van der Waals surface area contributed by atoms with E-state index in [4.69, 9.17) is 9.47 Å². The SMILES string of the molecule is CC(C)c1ccccc1OCC(=O)OCC(=O)Nc1cc(F)ccc1F. The lowest BCUT2D eigenvalue weighted by Crippen LogP contribution is -2.24. The molecule has 0 aliphatic heterocycles. The Morgan fingerprint density at radius 2 is 1.81 bits per heavy atom. The number of amides is 1. The number of esters is 1. The van der Waals surface area contributed by atoms with Crippen molar-refractivity contribution < 1.29 is 27.8 Å². The van der Waals surface area contributed by atoms with Gasteiger partial charge >= 0.3 is 5.97 Å². The molecule has 0 aliphatic rings. The van der Waals surface area contributed by atoms with Gasteiger partial charge in [0.2, 0.25) is 0 Å². The normalized spacial score (nSPS) is 10.5. The van der Waals surface area contributed by atoms with E-state index in [0.717, 1.165) is 23.8 Å². The molecule has 0 unspecified atom stereocenters. The van der Waals surface area contributed by atoms with Crippen molar-refractivity contribution in [2.24, 2.45) is 0 Å². The van der Waals surface area contributed by atoms with Gasteiger partial charge in [0.1, 0.15) is 17.4 Å². The Morgan fingerprint density at radius 1 is 1.08 bits per heavy atom. The van der Waals surface area contributed by atoms with E-state index in [0.29, 0.717) is 5.75 Å². The second-order valence-electron chi connectivity index (χ2n) is 5.81. The molecule has 2 aromatic carbocycles. The van der Waals surface area contributed by atoms with Crippen molar-refractivity contribution in [1.29, 1.82) is 0 Å². The van der Waals surface area contributed by atoms with Crippen molar-refractivity contribution in [3.8, 4) is 5.75 Å². The molecular weight excluding hydrogens is 344 g/mol. The molecule has 0 bridgehead atoms. The predicted octanol–water partition coefficient (Wildman–Crippen LogP) is 3.65. The predicted molar refractivity (Wildman–Crippen MR) is 92.0 cm³/mol. The average Bonchev–Trinajstić information content (AvgIpc) is 2.61. The highest BCUT2D eigenvalue weighted by Gasteiger charge is 2.13. The maximum Gasteiger partial charge on any atom is 0.344 e. The highest BCUT2D eigenvalue weighted by molar-refractivity contribution is 5.92. The number of anilines is 1. The molecular formula is C19H19F2NO4. The minimum atomic E-state index is -0.792. The Bertz CT molecular complexity index is 793. The minimum absolute atomic E-state index is 0.217. The number of para-hydroxylation sites is 1. The van der Waals surface area contributed by atoms with Crippen LogP contribution in [0.2, 0.25) is 0 Å². The summed E-state index contributed by atoms with van der Waals surface area (Å²) in [6.07, 6.45) is 0. The van der Waals surface area contributed by atoms with Gasteiger partial charge in [-0.1, -0.05) is 32.0 Å². The zero-order valence-electron chi connectivity index (χ0n) is 14.4. The molecule has 1 N–H and O–H groups in total. The summed E-state index contributed by atoms with van der Waals surface area (Å²) in [7, 11) is 0. The van der Waals surface area contributed by atoms with Crippen molar-refractivity contribution in [3.63, 3.8) is 0 Å². The van der Waals surface area contributed by atoms with Gasteiger partial charge in [-0.25, -0.2) is 13.6 Å². The first kappa shape index (κ1) is 19.4. The van der Waals surface area contributed by atoms with Crippen LogP contribution in [0.5, 0.6) is 5.75 Å². The molecule has 138 valence electrons. The van der Waals surface area contributed by atoms with Crippen LogP contribution in [0, 0.1) is 11.6 Å². The van der Waals surface area contributed by atoms with E-state index < -0.39 is 30.1 Å². The molecule has 0 heterocycles. The van der Waals surface area contributed by atoms with Gasteiger partial charge in [0.05, 0.1) is 5.69 Å². The standard InChI is InChI=1S/C19H19F2NO4/c1-12(2)14-5-3-4-6-17(14)25-11-19(24)26-10-18(23)22-16-9-13(20)7-8-15(16)21/h3-9,12H,10-11H2,1-2H3,(H,22,23). The third-order valence-electron chi connectivity index (χ3n) is 3.45. The highest BCUT2D eigenvalue weighted by atomic mass is 19.1. The second kappa shape index (κ2) is 8.94. The van der Waals surface area contributed by atoms with Gasteiger partial charge in [-0.3, -0.25) is 4.79 Å². The number of benzene rings is 2. The zero-order chi connectivity index (χ0) is 19.1. The van der Waals surface area contributed by atoms with Crippen LogP contribution >= 0.6 is 0 Å². The smallest absolute Gasteiger partial charge is 0.344 e. The number of halogens is 2. The third kappa shape index (κ3) is 5.54. The van der Waals surface area contributed by atoms with Crippen LogP contribution in [-0.4, -0.2) is 25.1 Å². The fourth-order valence-corrected chi connectivity index (χ4v) is 2.19. The van der Waals surface area contributed by atoms with Gasteiger partial charge in [-0.2, -0.15) is 0 Å². The molecule has 0 atom stereocenters. The number of hydrogen-bond acceptors (Lipinski definition) is 4. The van der Waals surface area contributed by atoms with Crippen LogP contribution < -0.4 is 10.1 Å². The average molecular weight is 363 g/mol. The summed E-state index contributed by atoms with van der Waals surface area (Å²) in [6, 6.07) is 9.94. The van der Waals surface area contributed by atoms with Gasteiger partial charge in [0, 0.05) is 6.07 Å². The van der Waals surface area contributed by atoms with Crippen LogP contribution in [0.15, 0.2) is 42.5 Å². The topological polar surface area (TPSA) is 64.6 Å². The monoisotopic (exact) mass is 363 g/mol. The number of rotatable bonds is 7. The number of ether oxygens (including phenoxy) is 2. The molecule has 0 aromatic heterocycles. The van der Waals surface area contributed by atoms with E-state index in [2.05, 4.69) is 5.32 Å². The molecule has 0 saturated carbocycles. The number of carbonyl (C=O) groups is 2. The lowest BCUT2D eigenvalue weighted by atomic mass is 10.0. The Hall–Kier alpha value is -2.96. The molecule has 5 nitrogen and oxygen atoms in total. The molecule has 0 aliphatic carbocycles. The Labute approximate surface area is 149 Å². The van der Waals surface area contributed by atoms with Crippen LogP contribution in [0.1, 0.15) is 25.3 Å². The molecule has 0 fully saturated rings. The number of nitrogens with one attached hydrogen (secondary N) is 1. The van der Waals surface area contributed by atoms with Crippen LogP contribution in [0.25, 0.3) is 0 Å². The van der Waals surface area contributed by atoms with E-state index in [1.807, 2.05) is 26.0 Å². The summed E-state index contributed by atoms with van der Waals surface area (Å²) in [5.74, 6) is -2.25. The lowest BCUT2D eigenvalue weighted by Gasteiger charge is -2.13. The van der Waals surface area contributed by atoms with Gasteiger partial charge in [-0.15, -0.1) is 0 Å². The van der Waals surface area contributed by atoms with Gasteiger partial charge in [0.25, 0.3) is 5.91 Å². The van der Waals surface area contributed by atoms with Crippen molar-refractivity contribution in [1.82, 2.24) is 0 Å². The fourth-order valence-electron chi connectivity index (χ4n) is 2.19. The van der Waals surface area contributed by atoms with E-state index >= 15 is 0 Å². The Kier molecular flexibility index (Phi) is 6.66. The first-order chi connectivity index (χ1) is 12.4. The number of hydrogen-bond donors (Lipinski definition) is 1. The maximum atomic E-state index is 13.4. The molecule has 0 saturated heterocycles. The maximum absolute atomic E-state index is 13.4. The van der Waals surface area contributed by atoms with Crippen LogP contribution in [0.4, 0.5) is 14.5 Å². The summed E-state index contributed by atoms with van der Waals surface area (Å²) in [5.41, 5.74) is 0.618. The zero-order valence-corrected chi connectivity index (χ0v) is 14.4. The summed E-state index contributed by atoms with van der Waals surface area (Å²) in [6.45, 7) is 2.99. The van der Waals surface area contributed by atoms with Gasteiger partial charge < -0.3 is 14.8 Å². The van der Waals surface area contributed by atoms with Crippen LogP contribution in [-0.2, 0) is 14.3 Å². The Balaban J connectivity index is 1.82. The molecule has 0 spiro atoms. The van der Waals surface area contributed by atoms with Crippen molar-refractivity contribution in [2.75, 3.05) is 18.5 Å². The third-order valence-corrected chi connectivity index (χ3v) is 3.45. The summed E-state index contributed by atoms with van der Waals surface area (Å²) < 4.78 is 36.7. The van der Waals surface area contributed by atoms with E-state index in [9.17, 15) is 18.4 Å². The largest absolute Gasteiger partial charge is 0.482 e. The van der Waals surface area contributed by atoms with E-state index in [1.165, 1.54) is 0 Å². The van der Waals surface area contributed by atoms with Crippen molar-refractivity contribution in [3.05, 3.63) is 59.7 Å². The summed E-state index contributed by atoms with van der Waals surface area (Å²) in [4.78, 5) is 23.4. The molecule has 1 amide bonds. The summed E-state index contributed by atoms with van der Waals surface area (Å²) in [5, 5.41) is 2.13. The quantitative estimate of drug-likeness (QED) is 0.763. The molecule has 2 aromatic rings. The van der Waals surface area contributed by atoms with Gasteiger partial charge in [0.15, 0.2) is 13.2 Å². The first-order valence-electron chi connectivity index (χ1n) is 7.99. The van der Waals surface area contributed by atoms with Gasteiger partial charge in [-0.05, 0) is 29.7 Å². The highest BCUT2D eigenvalue weighted by Crippen LogP contribution is 2.25. The van der Waals surface area contributed by atoms with Crippen LogP contribution in [0.3, 0.4) is 0 Å².